The number of aromatic nitrogens is 2. The molecule has 2 heterocycles. The molecule has 0 bridgehead atoms. The molecule has 1 aliphatic heterocycles. The Bertz CT molecular complexity index is 537. The summed E-state index contributed by atoms with van der Waals surface area (Å²) in [5.74, 6) is 1.97. The number of hydrogen-bond acceptors (Lipinski definition) is 3. The second kappa shape index (κ2) is 5.44. The molecule has 0 atom stereocenters. The van der Waals surface area contributed by atoms with Crippen molar-refractivity contribution in [2.75, 3.05) is 6.54 Å². The number of nitrogens with zero attached hydrogens (tertiary/aromatic N) is 2. The number of carbonyl (C=O) groups is 1. The van der Waals surface area contributed by atoms with Crippen LogP contribution in [-0.2, 0) is 24.3 Å². The van der Waals surface area contributed by atoms with Crippen LogP contribution < -0.4 is 10.6 Å². The van der Waals surface area contributed by atoms with Gasteiger partial charge in [0.25, 0.3) is 0 Å². The highest BCUT2D eigenvalue weighted by molar-refractivity contribution is 5.76. The molecule has 2 aliphatic rings. The summed E-state index contributed by atoms with van der Waals surface area (Å²) in [6, 6.07) is 0. The van der Waals surface area contributed by atoms with Gasteiger partial charge >= 0.3 is 0 Å². The molecule has 116 valence electrons. The quantitative estimate of drug-likeness (QED) is 0.887. The molecule has 1 saturated carbocycles. The van der Waals surface area contributed by atoms with E-state index in [1.54, 1.807) is 0 Å². The van der Waals surface area contributed by atoms with Gasteiger partial charge in [-0.1, -0.05) is 0 Å². The van der Waals surface area contributed by atoms with Gasteiger partial charge in [0.05, 0.1) is 5.69 Å². The van der Waals surface area contributed by atoms with Gasteiger partial charge in [0.2, 0.25) is 5.91 Å². The zero-order valence-electron chi connectivity index (χ0n) is 13.3. The molecular formula is C16H26N4O. The third-order valence-electron chi connectivity index (χ3n) is 4.04. The molecule has 0 saturated heterocycles. The molecule has 2 N–H and O–H groups in total. The molecular weight excluding hydrogens is 264 g/mol. The van der Waals surface area contributed by atoms with Crippen LogP contribution in [0.1, 0.15) is 63.2 Å². The number of carbonyl (C=O) groups excluding carboxylic acids is 1. The van der Waals surface area contributed by atoms with Crippen molar-refractivity contribution in [3.8, 4) is 0 Å². The van der Waals surface area contributed by atoms with Crippen molar-refractivity contribution < 1.29 is 4.79 Å². The van der Waals surface area contributed by atoms with Crippen LogP contribution >= 0.6 is 0 Å². The van der Waals surface area contributed by atoms with E-state index in [0.29, 0.717) is 12.3 Å². The summed E-state index contributed by atoms with van der Waals surface area (Å²) in [6.07, 6.45) is 4.05. The van der Waals surface area contributed by atoms with Gasteiger partial charge in [-0.15, -0.1) is 0 Å². The third kappa shape index (κ3) is 3.46. The lowest BCUT2D eigenvalue weighted by molar-refractivity contribution is -0.122. The zero-order chi connectivity index (χ0) is 15.0. The first kappa shape index (κ1) is 14.6. The van der Waals surface area contributed by atoms with Crippen molar-refractivity contribution in [1.82, 2.24) is 20.2 Å². The Morgan fingerprint density at radius 2 is 2.19 bits per heavy atom. The molecule has 0 spiro atoms. The van der Waals surface area contributed by atoms with Crippen LogP contribution in [0.2, 0.25) is 0 Å². The lowest BCUT2D eigenvalue weighted by Crippen LogP contribution is -2.41. The summed E-state index contributed by atoms with van der Waals surface area (Å²) in [4.78, 5) is 16.9. The summed E-state index contributed by atoms with van der Waals surface area (Å²) < 4.78 is 2.33. The van der Waals surface area contributed by atoms with E-state index in [1.807, 2.05) is 20.8 Å². The van der Waals surface area contributed by atoms with Gasteiger partial charge in [0.1, 0.15) is 5.82 Å². The Morgan fingerprint density at radius 3 is 2.86 bits per heavy atom. The van der Waals surface area contributed by atoms with Crippen molar-refractivity contribution in [2.45, 2.75) is 71.0 Å². The van der Waals surface area contributed by atoms with Crippen LogP contribution in [0.3, 0.4) is 0 Å². The van der Waals surface area contributed by atoms with E-state index in [0.717, 1.165) is 26.1 Å². The highest BCUT2D eigenvalue weighted by Crippen LogP contribution is 2.40. The van der Waals surface area contributed by atoms with Gasteiger partial charge in [-0.3, -0.25) is 4.79 Å². The fourth-order valence-electron chi connectivity index (χ4n) is 2.99. The second-order valence-electron chi connectivity index (χ2n) is 7.26. The third-order valence-corrected chi connectivity index (χ3v) is 4.04. The minimum Gasteiger partial charge on any atom is -0.351 e. The van der Waals surface area contributed by atoms with Gasteiger partial charge in [-0.25, -0.2) is 4.98 Å². The second-order valence-corrected chi connectivity index (χ2v) is 7.26. The van der Waals surface area contributed by atoms with Crippen LogP contribution in [0.15, 0.2) is 0 Å². The number of nitrogens with one attached hydrogen (secondary N) is 2. The van der Waals surface area contributed by atoms with E-state index in [-0.39, 0.29) is 11.4 Å². The van der Waals surface area contributed by atoms with E-state index in [4.69, 9.17) is 4.98 Å². The predicted molar refractivity (Wildman–Crippen MR) is 82.1 cm³/mol. The molecule has 21 heavy (non-hydrogen) atoms. The molecule has 3 rings (SSSR count). The molecule has 1 fully saturated rings. The van der Waals surface area contributed by atoms with E-state index in [9.17, 15) is 4.79 Å². The van der Waals surface area contributed by atoms with Crippen molar-refractivity contribution in [2.24, 2.45) is 0 Å². The minimum absolute atomic E-state index is 0.126. The van der Waals surface area contributed by atoms with Crippen molar-refractivity contribution in [3.63, 3.8) is 0 Å². The van der Waals surface area contributed by atoms with Crippen LogP contribution in [0, 0.1) is 0 Å². The van der Waals surface area contributed by atoms with Crippen LogP contribution in [0.5, 0.6) is 0 Å². The van der Waals surface area contributed by atoms with E-state index in [2.05, 4.69) is 15.2 Å². The van der Waals surface area contributed by atoms with Gasteiger partial charge in [-0.05, 0) is 33.6 Å². The minimum atomic E-state index is -0.158. The molecule has 0 unspecified atom stereocenters. The zero-order valence-corrected chi connectivity index (χ0v) is 13.3. The summed E-state index contributed by atoms with van der Waals surface area (Å²) in [5.41, 5.74) is 2.38. The molecule has 5 heteroatoms. The van der Waals surface area contributed by atoms with Gasteiger partial charge < -0.3 is 15.2 Å². The predicted octanol–water partition coefficient (Wildman–Crippen LogP) is 1.71. The average molecular weight is 290 g/mol. The molecule has 1 aliphatic carbocycles. The van der Waals surface area contributed by atoms with Crippen molar-refractivity contribution >= 4 is 5.91 Å². The first-order chi connectivity index (χ1) is 9.94. The molecule has 5 nitrogen and oxygen atoms in total. The lowest BCUT2D eigenvalue weighted by Gasteiger charge is -2.21. The van der Waals surface area contributed by atoms with E-state index in [1.165, 1.54) is 30.1 Å². The van der Waals surface area contributed by atoms with Crippen LogP contribution in [-0.4, -0.2) is 27.5 Å². The maximum absolute atomic E-state index is 12.1. The summed E-state index contributed by atoms with van der Waals surface area (Å²) in [5, 5.41) is 6.42. The summed E-state index contributed by atoms with van der Waals surface area (Å²) in [7, 11) is 0. The Labute approximate surface area is 126 Å². The molecule has 1 amide bonds. The Hall–Kier alpha value is -1.36. The average Bonchev–Trinajstić information content (AvgIpc) is 3.16. The maximum atomic E-state index is 12.1. The number of rotatable bonds is 4. The number of amides is 1. The number of fused-ring (bicyclic) bond motifs is 1. The maximum Gasteiger partial charge on any atom is 0.222 e. The van der Waals surface area contributed by atoms with E-state index < -0.39 is 0 Å². The Morgan fingerprint density at radius 1 is 1.43 bits per heavy atom. The molecule has 1 aromatic rings. The first-order valence-electron chi connectivity index (χ1n) is 8.04. The monoisotopic (exact) mass is 290 g/mol. The Kier molecular flexibility index (Phi) is 3.78. The van der Waals surface area contributed by atoms with E-state index >= 15 is 0 Å². The van der Waals surface area contributed by atoms with Gasteiger partial charge in [0.15, 0.2) is 0 Å². The largest absolute Gasteiger partial charge is 0.351 e. The summed E-state index contributed by atoms with van der Waals surface area (Å²) >= 11 is 0. The Balaban J connectivity index is 1.72. The fraction of sp³-hybridized carbons (Fsp3) is 0.750. The molecule has 0 radical (unpaired) electrons. The van der Waals surface area contributed by atoms with Crippen LogP contribution in [0.25, 0.3) is 0 Å². The molecule has 0 aromatic carbocycles. The van der Waals surface area contributed by atoms with Crippen molar-refractivity contribution in [1.29, 1.82) is 0 Å². The highest BCUT2D eigenvalue weighted by atomic mass is 16.1. The number of imidazole rings is 1. The first-order valence-corrected chi connectivity index (χ1v) is 8.04. The summed E-state index contributed by atoms with van der Waals surface area (Å²) in [6.45, 7) is 8.70. The SMILES string of the molecule is CC(C)(C)NC(=O)CCn1c(C2CC2)nc2c1CCNC2. The van der Waals surface area contributed by atoms with Crippen LogP contribution in [0.4, 0.5) is 0 Å². The fourth-order valence-corrected chi connectivity index (χ4v) is 2.99. The molecule has 1 aromatic heterocycles. The van der Waals surface area contributed by atoms with Gasteiger partial charge in [-0.2, -0.15) is 0 Å². The topological polar surface area (TPSA) is 59.0 Å². The smallest absolute Gasteiger partial charge is 0.222 e. The van der Waals surface area contributed by atoms with Crippen molar-refractivity contribution in [3.05, 3.63) is 17.2 Å². The standard InChI is InChI=1S/C16H26N4O/c1-16(2,3)19-14(21)7-9-20-13-6-8-17-10-12(13)18-15(20)11-4-5-11/h11,17H,4-10H2,1-3H3,(H,19,21). The highest BCUT2D eigenvalue weighted by Gasteiger charge is 2.31. The van der Waals surface area contributed by atoms with Gasteiger partial charge in [0, 0.05) is 49.6 Å². The number of hydrogen-bond donors (Lipinski definition) is 2. The lowest BCUT2D eigenvalue weighted by atomic mass is 10.1. The normalized spacial score (nSPS) is 18.4.